The number of nitrogens with one attached hydrogen (secondary N) is 1. The molecule has 3 aromatic rings. The van der Waals surface area contributed by atoms with E-state index in [0.717, 1.165) is 12.1 Å². The molecule has 5 nitrogen and oxygen atoms in total. The number of aryl methyl sites for hydroxylation is 1. The molecule has 134 valence electrons. The molecule has 0 atom stereocenters. The molecule has 0 radical (unpaired) electrons. The Balaban J connectivity index is 1.55. The van der Waals surface area contributed by atoms with Gasteiger partial charge in [-0.1, -0.05) is 42.1 Å². The molecular formula is C19H19FN4OS. The first-order valence-electron chi connectivity index (χ1n) is 8.25. The van der Waals surface area contributed by atoms with Gasteiger partial charge in [0.05, 0.1) is 5.75 Å². The van der Waals surface area contributed by atoms with Crippen LogP contribution in [0.2, 0.25) is 0 Å². The maximum atomic E-state index is 13.1. The number of carbonyl (C=O) groups is 1. The summed E-state index contributed by atoms with van der Waals surface area (Å²) < 4.78 is 14.9. The molecule has 1 amide bonds. The fourth-order valence-electron chi connectivity index (χ4n) is 2.50. The molecule has 0 bridgehead atoms. The molecule has 1 N–H and O–H groups in total. The van der Waals surface area contributed by atoms with Crippen molar-refractivity contribution in [3.05, 3.63) is 71.8 Å². The van der Waals surface area contributed by atoms with Crippen molar-refractivity contribution in [2.75, 3.05) is 12.3 Å². The second kappa shape index (κ2) is 8.62. The summed E-state index contributed by atoms with van der Waals surface area (Å²) in [5.41, 5.74) is 1.95. The summed E-state index contributed by atoms with van der Waals surface area (Å²) in [5, 5.41) is 11.7. The zero-order chi connectivity index (χ0) is 18.4. The SMILES string of the molecule is Cc1nnc(SCC(=O)NCCc2ccccc2)n1-c1ccc(F)cc1. The molecule has 1 aromatic heterocycles. The molecule has 3 rings (SSSR count). The highest BCUT2D eigenvalue weighted by Gasteiger charge is 2.13. The summed E-state index contributed by atoms with van der Waals surface area (Å²) >= 11 is 1.30. The molecule has 0 aliphatic rings. The van der Waals surface area contributed by atoms with Crippen LogP contribution >= 0.6 is 11.8 Å². The van der Waals surface area contributed by atoms with E-state index in [1.54, 1.807) is 16.7 Å². The Morgan fingerprint density at radius 2 is 1.85 bits per heavy atom. The van der Waals surface area contributed by atoms with Crippen LogP contribution in [0.25, 0.3) is 5.69 Å². The number of hydrogen-bond acceptors (Lipinski definition) is 4. The van der Waals surface area contributed by atoms with Gasteiger partial charge in [0.1, 0.15) is 11.6 Å². The lowest BCUT2D eigenvalue weighted by Gasteiger charge is -2.08. The van der Waals surface area contributed by atoms with Crippen molar-refractivity contribution in [1.29, 1.82) is 0 Å². The van der Waals surface area contributed by atoms with Crippen molar-refractivity contribution in [3.8, 4) is 5.69 Å². The van der Waals surface area contributed by atoms with E-state index in [0.29, 0.717) is 17.5 Å². The van der Waals surface area contributed by atoms with Gasteiger partial charge in [-0.05, 0) is 43.2 Å². The van der Waals surface area contributed by atoms with Gasteiger partial charge in [-0.2, -0.15) is 0 Å². The second-order valence-electron chi connectivity index (χ2n) is 5.72. The molecular weight excluding hydrogens is 351 g/mol. The number of aromatic nitrogens is 3. The number of nitrogens with zero attached hydrogens (tertiary/aromatic N) is 3. The highest BCUT2D eigenvalue weighted by Crippen LogP contribution is 2.21. The number of benzene rings is 2. The van der Waals surface area contributed by atoms with Crippen molar-refractivity contribution >= 4 is 17.7 Å². The van der Waals surface area contributed by atoms with Crippen LogP contribution in [0.5, 0.6) is 0 Å². The maximum Gasteiger partial charge on any atom is 0.230 e. The van der Waals surface area contributed by atoms with Crippen molar-refractivity contribution in [1.82, 2.24) is 20.1 Å². The predicted octanol–water partition coefficient (Wildman–Crippen LogP) is 3.17. The molecule has 0 aliphatic carbocycles. The van der Waals surface area contributed by atoms with Crippen LogP contribution in [0.1, 0.15) is 11.4 Å². The van der Waals surface area contributed by atoms with Gasteiger partial charge < -0.3 is 5.32 Å². The quantitative estimate of drug-likeness (QED) is 0.649. The molecule has 0 aliphatic heterocycles. The van der Waals surface area contributed by atoms with Crippen molar-refractivity contribution in [2.45, 2.75) is 18.5 Å². The summed E-state index contributed by atoms with van der Waals surface area (Å²) in [5.74, 6) is 0.570. The monoisotopic (exact) mass is 370 g/mol. The molecule has 0 unspecified atom stereocenters. The highest BCUT2D eigenvalue weighted by molar-refractivity contribution is 7.99. The van der Waals surface area contributed by atoms with Crippen LogP contribution < -0.4 is 5.32 Å². The minimum atomic E-state index is -0.300. The van der Waals surface area contributed by atoms with E-state index in [9.17, 15) is 9.18 Å². The van der Waals surface area contributed by atoms with Crippen LogP contribution in [0.4, 0.5) is 4.39 Å². The molecule has 2 aromatic carbocycles. The Kier molecular flexibility index (Phi) is 6.01. The van der Waals surface area contributed by atoms with Gasteiger partial charge in [0.25, 0.3) is 0 Å². The van der Waals surface area contributed by atoms with Crippen LogP contribution in [-0.4, -0.2) is 33.0 Å². The maximum absolute atomic E-state index is 13.1. The number of halogens is 1. The molecule has 0 fully saturated rings. The second-order valence-corrected chi connectivity index (χ2v) is 6.66. The summed E-state index contributed by atoms with van der Waals surface area (Å²) in [4.78, 5) is 12.1. The predicted molar refractivity (Wildman–Crippen MR) is 99.9 cm³/mol. The lowest BCUT2D eigenvalue weighted by molar-refractivity contribution is -0.118. The molecule has 0 saturated heterocycles. The van der Waals surface area contributed by atoms with Crippen LogP contribution in [0.3, 0.4) is 0 Å². The zero-order valence-corrected chi connectivity index (χ0v) is 15.2. The number of hydrogen-bond donors (Lipinski definition) is 1. The van der Waals surface area contributed by atoms with E-state index in [1.165, 1.54) is 29.5 Å². The normalized spacial score (nSPS) is 10.7. The standard InChI is InChI=1S/C19H19FN4OS/c1-14-22-23-19(24(14)17-9-7-16(20)8-10-17)26-13-18(25)21-12-11-15-5-3-2-4-6-15/h2-10H,11-13H2,1H3,(H,21,25). The fourth-order valence-corrected chi connectivity index (χ4v) is 3.32. The van der Waals surface area contributed by atoms with Crippen molar-refractivity contribution in [2.24, 2.45) is 0 Å². The first-order chi connectivity index (χ1) is 12.6. The first-order valence-corrected chi connectivity index (χ1v) is 9.23. The van der Waals surface area contributed by atoms with E-state index >= 15 is 0 Å². The summed E-state index contributed by atoms with van der Waals surface area (Å²) in [6.45, 7) is 2.41. The van der Waals surface area contributed by atoms with E-state index in [1.807, 2.05) is 37.3 Å². The summed E-state index contributed by atoms with van der Waals surface area (Å²) in [6.07, 6.45) is 0.794. The lowest BCUT2D eigenvalue weighted by atomic mass is 10.1. The molecule has 0 saturated carbocycles. The van der Waals surface area contributed by atoms with Crippen molar-refractivity contribution < 1.29 is 9.18 Å². The number of carbonyl (C=O) groups excluding carboxylic acids is 1. The molecule has 0 spiro atoms. The van der Waals surface area contributed by atoms with Crippen LogP contribution in [-0.2, 0) is 11.2 Å². The average molecular weight is 370 g/mol. The Morgan fingerprint density at radius 1 is 1.12 bits per heavy atom. The lowest BCUT2D eigenvalue weighted by Crippen LogP contribution is -2.27. The molecule has 26 heavy (non-hydrogen) atoms. The Bertz CT molecular complexity index is 865. The molecule has 1 heterocycles. The van der Waals surface area contributed by atoms with Crippen molar-refractivity contribution in [3.63, 3.8) is 0 Å². The van der Waals surface area contributed by atoms with Gasteiger partial charge in [0.15, 0.2) is 5.16 Å². The number of thioether (sulfide) groups is 1. The number of rotatable bonds is 7. The Hall–Kier alpha value is -2.67. The van der Waals surface area contributed by atoms with Gasteiger partial charge in [-0.25, -0.2) is 4.39 Å². The van der Waals surface area contributed by atoms with Gasteiger partial charge in [-0.15, -0.1) is 10.2 Å². The van der Waals surface area contributed by atoms with E-state index in [-0.39, 0.29) is 17.5 Å². The van der Waals surface area contributed by atoms with Gasteiger partial charge in [0, 0.05) is 12.2 Å². The van der Waals surface area contributed by atoms with E-state index in [4.69, 9.17) is 0 Å². The molecule has 7 heteroatoms. The topological polar surface area (TPSA) is 59.8 Å². The third kappa shape index (κ3) is 4.70. The zero-order valence-electron chi connectivity index (χ0n) is 14.4. The van der Waals surface area contributed by atoms with E-state index < -0.39 is 0 Å². The third-order valence-corrected chi connectivity index (χ3v) is 4.72. The van der Waals surface area contributed by atoms with Crippen LogP contribution in [0.15, 0.2) is 59.8 Å². The number of amides is 1. The Morgan fingerprint density at radius 3 is 2.58 bits per heavy atom. The highest BCUT2D eigenvalue weighted by atomic mass is 32.2. The fraction of sp³-hybridized carbons (Fsp3) is 0.211. The van der Waals surface area contributed by atoms with Gasteiger partial charge in [0.2, 0.25) is 5.91 Å². The third-order valence-electron chi connectivity index (χ3n) is 3.79. The van der Waals surface area contributed by atoms with Gasteiger partial charge in [-0.3, -0.25) is 9.36 Å². The minimum absolute atomic E-state index is 0.0581. The average Bonchev–Trinajstić information content (AvgIpc) is 3.02. The smallest absolute Gasteiger partial charge is 0.230 e. The van der Waals surface area contributed by atoms with Gasteiger partial charge >= 0.3 is 0 Å². The first kappa shape index (κ1) is 18.1. The summed E-state index contributed by atoms with van der Waals surface area (Å²) in [6, 6.07) is 16.1. The Labute approximate surface area is 155 Å². The summed E-state index contributed by atoms with van der Waals surface area (Å²) in [7, 11) is 0. The van der Waals surface area contributed by atoms with Crippen LogP contribution in [0, 0.1) is 12.7 Å². The van der Waals surface area contributed by atoms with E-state index in [2.05, 4.69) is 15.5 Å². The minimum Gasteiger partial charge on any atom is -0.355 e. The largest absolute Gasteiger partial charge is 0.355 e.